The third-order valence-electron chi connectivity index (χ3n) is 4.99. The van der Waals surface area contributed by atoms with Crippen molar-refractivity contribution in [2.45, 2.75) is 19.3 Å². The summed E-state index contributed by atoms with van der Waals surface area (Å²) in [7, 11) is 1.80. The minimum absolute atomic E-state index is 0.137. The monoisotopic (exact) mass is 373 g/mol. The van der Waals surface area contributed by atoms with E-state index in [-0.39, 0.29) is 5.91 Å². The lowest BCUT2D eigenvalue weighted by molar-refractivity contribution is -0.118. The Kier molecular flexibility index (Phi) is 4.57. The van der Waals surface area contributed by atoms with Crippen LogP contribution in [0.1, 0.15) is 33.6 Å². The summed E-state index contributed by atoms with van der Waals surface area (Å²) in [6, 6.07) is 9.67. The van der Waals surface area contributed by atoms with Crippen LogP contribution in [0.15, 0.2) is 48.9 Å². The Bertz CT molecular complexity index is 1080. The van der Waals surface area contributed by atoms with Gasteiger partial charge in [-0.15, -0.1) is 0 Å². The molecule has 3 aromatic rings. The van der Waals surface area contributed by atoms with Crippen molar-refractivity contribution in [1.29, 1.82) is 0 Å². The molecule has 0 bridgehead atoms. The van der Waals surface area contributed by atoms with Gasteiger partial charge in [-0.3, -0.25) is 14.6 Å². The number of nitrogens with two attached hydrogens (primary N) is 1. The maximum atomic E-state index is 11.9. The zero-order chi connectivity index (χ0) is 19.7. The normalized spacial score (nSPS) is 13.3. The molecule has 0 atom stereocenters. The number of benzene rings is 1. The SMILES string of the molecule is CN1C(=O)CCc2cc(-c3cncc(Cc4nnccc4C(N)=O)c3)ccc21. The van der Waals surface area contributed by atoms with Gasteiger partial charge in [0, 0.05) is 43.5 Å². The minimum Gasteiger partial charge on any atom is -0.366 e. The average molecular weight is 373 g/mol. The van der Waals surface area contributed by atoms with Gasteiger partial charge in [0.05, 0.1) is 17.5 Å². The quantitative estimate of drug-likeness (QED) is 0.755. The largest absolute Gasteiger partial charge is 0.366 e. The first-order chi connectivity index (χ1) is 13.5. The Balaban J connectivity index is 1.65. The number of hydrogen-bond acceptors (Lipinski definition) is 5. The molecule has 1 aromatic carbocycles. The second-order valence-corrected chi connectivity index (χ2v) is 6.81. The van der Waals surface area contributed by atoms with Crippen LogP contribution in [0, 0.1) is 0 Å². The van der Waals surface area contributed by atoms with E-state index in [1.807, 2.05) is 18.2 Å². The fraction of sp³-hybridized carbons (Fsp3) is 0.190. The number of aromatic nitrogens is 3. The van der Waals surface area contributed by atoms with E-state index >= 15 is 0 Å². The van der Waals surface area contributed by atoms with Gasteiger partial charge in [-0.1, -0.05) is 6.07 Å². The molecule has 2 aromatic heterocycles. The van der Waals surface area contributed by atoms with Gasteiger partial charge < -0.3 is 10.6 Å². The van der Waals surface area contributed by atoms with Crippen LogP contribution in [-0.2, 0) is 17.6 Å². The first kappa shape index (κ1) is 17.8. The molecule has 1 aliphatic rings. The van der Waals surface area contributed by atoms with Crippen molar-refractivity contribution in [3.05, 3.63) is 71.3 Å². The second kappa shape index (κ2) is 7.19. The molecule has 0 fully saturated rings. The summed E-state index contributed by atoms with van der Waals surface area (Å²) in [5, 5.41) is 7.91. The van der Waals surface area contributed by atoms with Gasteiger partial charge in [0.2, 0.25) is 5.91 Å². The van der Waals surface area contributed by atoms with E-state index in [1.165, 1.54) is 6.20 Å². The van der Waals surface area contributed by atoms with Gasteiger partial charge in [0.1, 0.15) is 0 Å². The standard InChI is InChI=1S/C21H19N5O2/c1-26-19-4-2-14(10-15(19)3-5-20(26)27)16-8-13(11-23-12-16)9-18-17(21(22)28)6-7-24-25-18/h2,4,6-8,10-12H,3,5,9H2,1H3,(H2,22,28). The molecule has 7 heteroatoms. The molecule has 3 heterocycles. The van der Waals surface area contributed by atoms with Crippen molar-refractivity contribution >= 4 is 17.5 Å². The summed E-state index contributed by atoms with van der Waals surface area (Å²) in [6.45, 7) is 0. The molecule has 28 heavy (non-hydrogen) atoms. The number of fused-ring (bicyclic) bond motifs is 1. The Morgan fingerprint density at radius 1 is 1.14 bits per heavy atom. The fourth-order valence-electron chi connectivity index (χ4n) is 3.49. The molecule has 0 saturated carbocycles. The third-order valence-corrected chi connectivity index (χ3v) is 4.99. The van der Waals surface area contributed by atoms with E-state index in [4.69, 9.17) is 5.73 Å². The van der Waals surface area contributed by atoms with Gasteiger partial charge in [0.15, 0.2) is 0 Å². The predicted octanol–water partition coefficient (Wildman–Crippen LogP) is 2.14. The van der Waals surface area contributed by atoms with Crippen LogP contribution in [0.4, 0.5) is 5.69 Å². The summed E-state index contributed by atoms with van der Waals surface area (Å²) in [5.74, 6) is -0.388. The van der Waals surface area contributed by atoms with Crippen LogP contribution in [-0.4, -0.2) is 34.0 Å². The zero-order valence-electron chi connectivity index (χ0n) is 15.4. The molecule has 0 spiro atoms. The molecule has 7 nitrogen and oxygen atoms in total. The number of primary amides is 1. The first-order valence-electron chi connectivity index (χ1n) is 8.97. The number of pyridine rings is 1. The highest BCUT2D eigenvalue weighted by Gasteiger charge is 2.21. The van der Waals surface area contributed by atoms with E-state index in [0.29, 0.717) is 24.1 Å². The summed E-state index contributed by atoms with van der Waals surface area (Å²) in [6.07, 6.45) is 6.67. The summed E-state index contributed by atoms with van der Waals surface area (Å²) in [4.78, 5) is 29.5. The van der Waals surface area contributed by atoms with Crippen LogP contribution in [0.25, 0.3) is 11.1 Å². The zero-order valence-corrected chi connectivity index (χ0v) is 15.4. The molecule has 2 N–H and O–H groups in total. The highest BCUT2D eigenvalue weighted by Crippen LogP contribution is 2.31. The molecule has 4 rings (SSSR count). The van der Waals surface area contributed by atoms with E-state index < -0.39 is 5.91 Å². The minimum atomic E-state index is -0.526. The summed E-state index contributed by atoms with van der Waals surface area (Å²) in [5.41, 5.74) is 11.3. The molecular formula is C21H19N5O2. The predicted molar refractivity (Wildman–Crippen MR) is 105 cm³/mol. The summed E-state index contributed by atoms with van der Waals surface area (Å²) < 4.78 is 0. The molecule has 0 aliphatic carbocycles. The fourth-order valence-corrected chi connectivity index (χ4v) is 3.49. The number of aryl methyl sites for hydroxylation is 1. The van der Waals surface area contributed by atoms with Crippen LogP contribution in [0.5, 0.6) is 0 Å². The van der Waals surface area contributed by atoms with Crippen molar-refractivity contribution in [3.8, 4) is 11.1 Å². The molecule has 0 radical (unpaired) electrons. The first-order valence-corrected chi connectivity index (χ1v) is 8.97. The lowest BCUT2D eigenvalue weighted by atomic mass is 9.96. The number of anilines is 1. The van der Waals surface area contributed by atoms with Crippen molar-refractivity contribution in [2.75, 3.05) is 11.9 Å². The summed E-state index contributed by atoms with van der Waals surface area (Å²) >= 11 is 0. The van der Waals surface area contributed by atoms with Gasteiger partial charge in [-0.05, 0) is 47.4 Å². The molecule has 140 valence electrons. The molecule has 2 amide bonds. The Morgan fingerprint density at radius 2 is 2.00 bits per heavy atom. The number of amides is 2. The van der Waals surface area contributed by atoms with Crippen LogP contribution in [0.2, 0.25) is 0 Å². The number of carbonyl (C=O) groups excluding carboxylic acids is 2. The molecular weight excluding hydrogens is 354 g/mol. The average Bonchev–Trinajstić information content (AvgIpc) is 2.71. The van der Waals surface area contributed by atoms with E-state index in [1.54, 1.807) is 30.4 Å². The Morgan fingerprint density at radius 3 is 2.82 bits per heavy atom. The highest BCUT2D eigenvalue weighted by atomic mass is 16.2. The maximum absolute atomic E-state index is 11.9. The van der Waals surface area contributed by atoms with Crippen LogP contribution < -0.4 is 10.6 Å². The van der Waals surface area contributed by atoms with Gasteiger partial charge in [0.25, 0.3) is 5.91 Å². The van der Waals surface area contributed by atoms with E-state index in [2.05, 4.69) is 21.2 Å². The van der Waals surface area contributed by atoms with Crippen LogP contribution in [0.3, 0.4) is 0 Å². The van der Waals surface area contributed by atoms with Gasteiger partial charge in [-0.25, -0.2) is 0 Å². The highest BCUT2D eigenvalue weighted by molar-refractivity contribution is 5.96. The van der Waals surface area contributed by atoms with Crippen molar-refractivity contribution < 1.29 is 9.59 Å². The van der Waals surface area contributed by atoms with Crippen LogP contribution >= 0.6 is 0 Å². The third kappa shape index (κ3) is 3.34. The molecule has 1 aliphatic heterocycles. The number of rotatable bonds is 4. The topological polar surface area (TPSA) is 102 Å². The van der Waals surface area contributed by atoms with Crippen molar-refractivity contribution in [3.63, 3.8) is 0 Å². The lowest BCUT2D eigenvalue weighted by Crippen LogP contribution is -2.30. The smallest absolute Gasteiger partial charge is 0.250 e. The molecule has 0 unspecified atom stereocenters. The lowest BCUT2D eigenvalue weighted by Gasteiger charge is -2.26. The van der Waals surface area contributed by atoms with E-state index in [0.717, 1.165) is 34.4 Å². The van der Waals surface area contributed by atoms with Crippen molar-refractivity contribution in [1.82, 2.24) is 15.2 Å². The van der Waals surface area contributed by atoms with E-state index in [9.17, 15) is 9.59 Å². The Hall–Kier alpha value is -3.61. The maximum Gasteiger partial charge on any atom is 0.250 e. The van der Waals surface area contributed by atoms with Crippen molar-refractivity contribution in [2.24, 2.45) is 5.73 Å². The number of nitrogens with zero attached hydrogens (tertiary/aromatic N) is 4. The number of carbonyl (C=O) groups is 2. The second-order valence-electron chi connectivity index (χ2n) is 6.81. The molecule has 0 saturated heterocycles. The van der Waals surface area contributed by atoms with Gasteiger partial charge >= 0.3 is 0 Å². The van der Waals surface area contributed by atoms with Gasteiger partial charge in [-0.2, -0.15) is 10.2 Å². The Labute approximate surface area is 162 Å². The number of hydrogen-bond donors (Lipinski definition) is 1.